The zero-order chi connectivity index (χ0) is 80.4. The summed E-state index contributed by atoms with van der Waals surface area (Å²) in [7, 11) is 6.50. The first kappa shape index (κ1) is 91.3. The maximum absolute atomic E-state index is 4.25. The van der Waals surface area contributed by atoms with E-state index in [1.165, 1.54) is 47.9 Å². The van der Waals surface area contributed by atoms with E-state index >= 15 is 0 Å². The zero-order valence-electron chi connectivity index (χ0n) is 72.4. The summed E-state index contributed by atoms with van der Waals surface area (Å²) < 4.78 is 8.50. The normalized spacial score (nSPS) is 20.5. The first-order valence-corrected chi connectivity index (χ1v) is 43.5. The Morgan fingerprint density at radius 1 is 0.286 bits per heavy atom. The first-order chi connectivity index (χ1) is 54.6. The summed E-state index contributed by atoms with van der Waals surface area (Å²) >= 11 is 0. The summed E-state index contributed by atoms with van der Waals surface area (Å²) in [6, 6.07) is 64.0. The first-order valence-electron chi connectivity index (χ1n) is 43.5. The molecule has 2 heteroatoms. The molecule has 0 spiro atoms. The Balaban J connectivity index is 0.000000227. The van der Waals surface area contributed by atoms with Gasteiger partial charge in [-0.3, -0.25) is 0 Å². The van der Waals surface area contributed by atoms with Gasteiger partial charge < -0.3 is 9.47 Å². The molecule has 0 aromatic heterocycles. The largest absolute Gasteiger partial charge is 0.388 e. The van der Waals surface area contributed by atoms with Gasteiger partial charge in [-0.2, -0.15) is 0 Å². The van der Waals surface area contributed by atoms with Gasteiger partial charge in [-0.1, -0.05) is 371 Å². The third kappa shape index (κ3) is 26.6. The van der Waals surface area contributed by atoms with Crippen LogP contribution in [0.2, 0.25) is 0 Å². The molecule has 2 nitrogen and oxygen atoms in total. The lowest BCUT2D eigenvalue weighted by atomic mass is 9.44. The molecular weight excluding hydrogens is 1350 g/mol. The van der Waals surface area contributed by atoms with E-state index in [4.69, 9.17) is 0 Å². The Morgan fingerprint density at radius 3 is 0.714 bits per heavy atom. The maximum atomic E-state index is 4.25. The van der Waals surface area contributed by atoms with Crippen LogP contribution in [0, 0.1) is 58.2 Å². The summed E-state index contributed by atoms with van der Waals surface area (Å²) in [6.07, 6.45) is 75.1. The fraction of sp³-hybridized carbons (Fsp3) is 0.455. The highest BCUT2D eigenvalue weighted by atomic mass is 16.5. The monoisotopic (exact) mass is 1500 g/mol. The molecule has 112 heavy (non-hydrogen) atoms. The smallest absolute Gasteiger partial charge is 0.0351 e. The van der Waals surface area contributed by atoms with Crippen LogP contribution < -0.4 is 0 Å². The fourth-order valence-corrected chi connectivity index (χ4v) is 19.3. The van der Waals surface area contributed by atoms with Crippen molar-refractivity contribution < 1.29 is 9.47 Å². The maximum Gasteiger partial charge on any atom is 0.0351 e. The number of methoxy groups -OCH3 is 2. The highest BCUT2D eigenvalue weighted by molar-refractivity contribution is 5.55. The second-order valence-electron chi connectivity index (χ2n) is 34.0. The standard InChI is InChI=1S/2C39H56.C28H24.2C2H6O/c2*1-7-9-11-13-15-23-29-39(34(5)6,30-24-16-14-12-10-8-2)32-37(35-25-19-17-20-26-35)31-38(33(3)4)36-27-21-18-22-28-36;1-2-10-18-17(9-1)25-19-11-3-4-12-20(19)26(18)28-23-15-7-5-13-21(23)27(25)22-14-6-8-16-24(22)28;2*1-3-2/h2*7-10,15-28,33-34,37-38H,11-14,29-32H2,1-6H3;1-18,21,23,25-28H;2*1-2H3/b2*9-7+,10-8+,23-15-,24-16-;;;. The summed E-state index contributed by atoms with van der Waals surface area (Å²) in [5.74, 6) is 9.25. The number of unbranched alkanes of at least 4 members (excludes halogenated alkanes) is 4. The highest BCUT2D eigenvalue weighted by Crippen LogP contribution is 2.69. The Hall–Kier alpha value is -7.88. The van der Waals surface area contributed by atoms with Crippen molar-refractivity contribution >= 4 is 0 Å². The molecule has 0 radical (unpaired) electrons. The van der Waals surface area contributed by atoms with Crippen molar-refractivity contribution in [2.24, 2.45) is 58.2 Å². The van der Waals surface area contributed by atoms with Gasteiger partial charge in [0.15, 0.2) is 0 Å². The number of hydrogen-bond acceptors (Lipinski definition) is 2. The van der Waals surface area contributed by atoms with Crippen molar-refractivity contribution in [3.63, 3.8) is 0 Å². The second-order valence-corrected chi connectivity index (χ2v) is 34.0. The number of rotatable bonds is 36. The fourth-order valence-electron chi connectivity index (χ4n) is 19.3. The molecule has 4 bridgehead atoms. The predicted molar refractivity (Wildman–Crippen MR) is 491 cm³/mol. The number of hydrogen-bond donors (Lipinski definition) is 0. The Kier molecular flexibility index (Phi) is 41.1. The third-order valence-corrected chi connectivity index (χ3v) is 25.5. The summed E-state index contributed by atoms with van der Waals surface area (Å²) in [6.45, 7) is 27.9. The molecule has 1 fully saturated rings. The van der Waals surface area contributed by atoms with Crippen LogP contribution in [0.3, 0.4) is 0 Å². The van der Waals surface area contributed by atoms with Crippen LogP contribution in [-0.2, 0) is 9.47 Å². The SMILES string of the molecule is C/C=C/CC/C=C\CC(C/C=C\CC/C=C/C)(CC(CC(c1ccccc1)C(C)C)c1ccccc1)C(C)C.C/C=C/CC/C=C\CC(C/C=C\CC/C=C/C)(CC(CC(c1ccccc1)C(C)C)c1ccccc1)C(C)C.C1=CC2C(C=C1)C1c3ccccc3C2C2c3ccccc3C1C1C=CC=CC12.COC.COC. The third-order valence-electron chi connectivity index (χ3n) is 25.5. The molecule has 6 aromatic rings. The van der Waals surface area contributed by atoms with Gasteiger partial charge in [0.2, 0.25) is 0 Å². The number of ether oxygens (including phenoxy) is 2. The lowest BCUT2D eigenvalue weighted by Gasteiger charge is -2.59. The van der Waals surface area contributed by atoms with Crippen LogP contribution in [0.5, 0.6) is 0 Å². The summed E-state index contributed by atoms with van der Waals surface area (Å²) in [5.41, 5.74) is 12.9. The topological polar surface area (TPSA) is 18.5 Å². The van der Waals surface area contributed by atoms with Gasteiger partial charge in [0.1, 0.15) is 0 Å². The van der Waals surface area contributed by atoms with E-state index in [2.05, 4.69) is 408 Å². The Labute approximate surface area is 685 Å². The molecule has 14 rings (SSSR count). The second kappa shape index (κ2) is 50.4. The van der Waals surface area contributed by atoms with Crippen molar-refractivity contribution in [2.45, 2.75) is 233 Å². The van der Waals surface area contributed by atoms with Crippen molar-refractivity contribution in [1.82, 2.24) is 0 Å². The van der Waals surface area contributed by atoms with Crippen molar-refractivity contribution in [1.29, 1.82) is 0 Å². The van der Waals surface area contributed by atoms with E-state index in [-0.39, 0.29) is 10.8 Å². The van der Waals surface area contributed by atoms with Gasteiger partial charge in [-0.05, 0) is 280 Å². The van der Waals surface area contributed by atoms with E-state index in [1.807, 2.05) is 0 Å². The van der Waals surface area contributed by atoms with Crippen molar-refractivity contribution in [3.05, 3.63) is 360 Å². The summed E-state index contributed by atoms with van der Waals surface area (Å²) in [5, 5.41) is 0. The molecule has 12 unspecified atom stereocenters. The minimum atomic E-state index is 0.229. The quantitative estimate of drug-likeness (QED) is 0.0288. The van der Waals surface area contributed by atoms with E-state index in [9.17, 15) is 0 Å². The van der Waals surface area contributed by atoms with Gasteiger partial charge in [-0.15, -0.1) is 0 Å². The van der Waals surface area contributed by atoms with Crippen LogP contribution in [0.15, 0.2) is 316 Å². The van der Waals surface area contributed by atoms with E-state index in [0.717, 1.165) is 77.0 Å². The van der Waals surface area contributed by atoms with Gasteiger partial charge in [0, 0.05) is 28.4 Å². The summed E-state index contributed by atoms with van der Waals surface area (Å²) in [4.78, 5) is 0. The molecule has 0 N–H and O–H groups in total. The van der Waals surface area contributed by atoms with Crippen molar-refractivity contribution in [2.75, 3.05) is 28.4 Å². The highest BCUT2D eigenvalue weighted by Gasteiger charge is 2.58. The van der Waals surface area contributed by atoms with E-state index < -0.39 is 0 Å². The lowest BCUT2D eigenvalue weighted by Crippen LogP contribution is -2.48. The molecule has 600 valence electrons. The zero-order valence-corrected chi connectivity index (χ0v) is 72.4. The molecule has 8 aliphatic rings. The Bertz CT molecular complexity index is 3510. The van der Waals surface area contributed by atoms with Crippen LogP contribution >= 0.6 is 0 Å². The molecule has 12 atom stereocenters. The van der Waals surface area contributed by atoms with E-state index in [0.29, 0.717) is 94.7 Å². The molecule has 8 aliphatic carbocycles. The van der Waals surface area contributed by atoms with Gasteiger partial charge in [0.25, 0.3) is 0 Å². The van der Waals surface area contributed by atoms with Crippen LogP contribution in [0.1, 0.15) is 278 Å². The number of allylic oxidation sites excluding steroid dienone is 24. The van der Waals surface area contributed by atoms with Crippen LogP contribution in [-0.4, -0.2) is 28.4 Å². The average Bonchev–Trinajstić information content (AvgIpc) is 0.690. The molecule has 6 aromatic carbocycles. The van der Waals surface area contributed by atoms with Gasteiger partial charge in [0.05, 0.1) is 0 Å². The minimum Gasteiger partial charge on any atom is -0.388 e. The van der Waals surface area contributed by atoms with Gasteiger partial charge >= 0.3 is 0 Å². The molecule has 0 saturated heterocycles. The molecule has 1 saturated carbocycles. The van der Waals surface area contributed by atoms with Gasteiger partial charge in [-0.25, -0.2) is 0 Å². The molecular formula is C110H148O2. The van der Waals surface area contributed by atoms with E-state index in [1.54, 1.807) is 50.7 Å². The predicted octanol–water partition coefficient (Wildman–Crippen LogP) is 31.5. The average molecular weight is 1500 g/mol. The number of benzene rings is 6. The lowest BCUT2D eigenvalue weighted by molar-refractivity contribution is 0.136. The molecule has 0 amide bonds. The van der Waals surface area contributed by atoms with Crippen molar-refractivity contribution in [3.8, 4) is 0 Å². The van der Waals surface area contributed by atoms with Crippen LogP contribution in [0.25, 0.3) is 0 Å². The molecule has 0 aliphatic heterocycles. The minimum absolute atomic E-state index is 0.229. The molecule has 0 heterocycles. The van der Waals surface area contributed by atoms with Crippen LogP contribution in [0.4, 0.5) is 0 Å². The Morgan fingerprint density at radius 2 is 0.500 bits per heavy atom.